The van der Waals surface area contributed by atoms with Gasteiger partial charge in [0.25, 0.3) is 0 Å². The molecule has 0 saturated heterocycles. The van der Waals surface area contributed by atoms with Gasteiger partial charge >= 0.3 is 11.7 Å². The summed E-state index contributed by atoms with van der Waals surface area (Å²) < 4.78 is 20.3. The maximum atomic E-state index is 13.1. The summed E-state index contributed by atoms with van der Waals surface area (Å²) in [4.78, 5) is 16.6. The van der Waals surface area contributed by atoms with Gasteiger partial charge in [0.05, 0.1) is 11.4 Å². The molecule has 3 aromatic rings. The fraction of sp³-hybridized carbons (Fsp3) is 0.231. The van der Waals surface area contributed by atoms with Gasteiger partial charge in [0.15, 0.2) is 0 Å². The van der Waals surface area contributed by atoms with Crippen LogP contribution in [0.5, 0.6) is 0 Å². The van der Waals surface area contributed by atoms with E-state index in [9.17, 15) is 9.18 Å². The van der Waals surface area contributed by atoms with Crippen LogP contribution in [0.4, 0.5) is 10.2 Å². The van der Waals surface area contributed by atoms with E-state index in [0.29, 0.717) is 5.69 Å². The van der Waals surface area contributed by atoms with E-state index in [1.165, 1.54) is 23.5 Å². The minimum Gasteiger partial charge on any atom is -0.413 e. The van der Waals surface area contributed by atoms with Crippen LogP contribution in [-0.2, 0) is 12.8 Å². The first kappa shape index (κ1) is 15.3. The average Bonchev–Trinajstić information content (AvgIpc) is 3.01. The molecule has 0 spiro atoms. The molecule has 0 bridgehead atoms. The smallest absolute Gasteiger partial charge is 0.368 e. The molecule has 0 aliphatic heterocycles. The van der Waals surface area contributed by atoms with Crippen molar-refractivity contribution in [3.05, 3.63) is 46.2 Å². The van der Waals surface area contributed by atoms with Crippen LogP contribution in [0.1, 0.15) is 11.5 Å². The van der Waals surface area contributed by atoms with E-state index in [4.69, 9.17) is 10.2 Å². The zero-order valence-electron chi connectivity index (χ0n) is 12.4. The number of hydrogen-bond acceptors (Lipinski definition) is 7. The number of nitrogens with zero attached hydrogens (tertiary/aromatic N) is 5. The lowest BCUT2D eigenvalue weighted by Crippen LogP contribution is -2.22. The molecule has 120 valence electrons. The van der Waals surface area contributed by atoms with Gasteiger partial charge in [-0.3, -0.25) is 0 Å². The van der Waals surface area contributed by atoms with E-state index >= 15 is 0 Å². The van der Waals surface area contributed by atoms with E-state index in [-0.39, 0.29) is 23.2 Å². The zero-order chi connectivity index (χ0) is 16.6. The highest BCUT2D eigenvalue weighted by molar-refractivity contribution is 7.98. The summed E-state index contributed by atoms with van der Waals surface area (Å²) in [6.07, 6.45) is 0. The van der Waals surface area contributed by atoms with Crippen LogP contribution in [0.2, 0.25) is 0 Å². The third-order valence-corrected chi connectivity index (χ3v) is 4.35. The third kappa shape index (κ3) is 2.84. The topological polar surface area (TPSA) is 105 Å². The Bertz CT molecular complexity index is 896. The van der Waals surface area contributed by atoms with Crippen LogP contribution >= 0.6 is 11.8 Å². The lowest BCUT2D eigenvalue weighted by molar-refractivity contribution is 0.344. The van der Waals surface area contributed by atoms with Crippen LogP contribution in [0.25, 0.3) is 5.69 Å². The van der Waals surface area contributed by atoms with Gasteiger partial charge in [0.2, 0.25) is 11.7 Å². The second-order valence-electron chi connectivity index (χ2n) is 4.78. The lowest BCUT2D eigenvalue weighted by Gasteiger charge is -2.09. The third-order valence-electron chi connectivity index (χ3n) is 3.13. The molecule has 0 saturated carbocycles. The summed E-state index contributed by atoms with van der Waals surface area (Å²) in [5.74, 6) is 0.169. The van der Waals surface area contributed by atoms with Gasteiger partial charge in [-0.05, 0) is 29.0 Å². The number of nitrogen functional groups attached to an aromatic ring is 1. The number of benzene rings is 1. The molecular weight excluding hydrogens is 323 g/mol. The van der Waals surface area contributed by atoms with E-state index in [2.05, 4.69) is 15.4 Å². The quantitative estimate of drug-likeness (QED) is 0.715. The molecule has 2 aromatic heterocycles. The predicted molar refractivity (Wildman–Crippen MR) is 81.8 cm³/mol. The largest absolute Gasteiger partial charge is 0.413 e. The number of halogens is 1. The number of tetrazole rings is 1. The van der Waals surface area contributed by atoms with Crippen molar-refractivity contribution < 1.29 is 8.81 Å². The Hall–Kier alpha value is -2.62. The van der Waals surface area contributed by atoms with Crippen molar-refractivity contribution in [2.75, 3.05) is 5.73 Å². The van der Waals surface area contributed by atoms with Crippen LogP contribution in [-0.4, -0.2) is 24.8 Å². The van der Waals surface area contributed by atoms with Crippen LogP contribution in [0, 0.1) is 12.9 Å². The molecule has 2 N–H and O–H groups in total. The number of anilines is 1. The first-order chi connectivity index (χ1) is 11.0. The van der Waals surface area contributed by atoms with Crippen LogP contribution < -0.4 is 11.4 Å². The van der Waals surface area contributed by atoms with Crippen LogP contribution in [0.15, 0.2) is 32.3 Å². The maximum absolute atomic E-state index is 13.1. The molecule has 23 heavy (non-hydrogen) atoms. The van der Waals surface area contributed by atoms with Gasteiger partial charge < -0.3 is 10.2 Å². The number of aryl methyl sites for hydroxylation is 2. The second kappa shape index (κ2) is 5.88. The Morgan fingerprint density at radius 3 is 2.78 bits per heavy atom. The minimum atomic E-state index is -0.893. The monoisotopic (exact) mass is 336 g/mol. The SMILES string of the molecule is Cc1cccc(-n2nnn(C)c2=O)c1SCc1nc(N)c(F)o1. The van der Waals surface area contributed by atoms with Gasteiger partial charge in [0, 0.05) is 11.9 Å². The highest BCUT2D eigenvalue weighted by atomic mass is 32.2. The van der Waals surface area contributed by atoms with Gasteiger partial charge in [-0.2, -0.15) is 18.7 Å². The molecule has 0 unspecified atom stereocenters. The number of nitrogens with two attached hydrogens (primary N) is 1. The lowest BCUT2D eigenvalue weighted by atomic mass is 10.2. The van der Waals surface area contributed by atoms with Crippen molar-refractivity contribution in [2.24, 2.45) is 7.05 Å². The standard InChI is InChI=1S/C13H13FN6O2S/c1-7-4-3-5-8(20-13(21)19(2)17-18-20)10(7)23-6-9-16-12(15)11(14)22-9/h3-5H,6,15H2,1-2H3. The molecule has 0 amide bonds. The highest BCUT2D eigenvalue weighted by Gasteiger charge is 2.15. The summed E-state index contributed by atoms with van der Waals surface area (Å²) in [5, 5.41) is 7.55. The summed E-state index contributed by atoms with van der Waals surface area (Å²) >= 11 is 1.35. The van der Waals surface area contributed by atoms with Crippen LogP contribution in [0.3, 0.4) is 0 Å². The van der Waals surface area contributed by atoms with Crippen molar-refractivity contribution in [2.45, 2.75) is 17.6 Å². The molecule has 0 fully saturated rings. The molecule has 8 nitrogen and oxygen atoms in total. The number of aromatic nitrogens is 5. The summed E-state index contributed by atoms with van der Waals surface area (Å²) in [5.41, 5.74) is 6.50. The number of hydrogen-bond donors (Lipinski definition) is 1. The molecule has 2 heterocycles. The number of rotatable bonds is 4. The Balaban J connectivity index is 1.95. The zero-order valence-corrected chi connectivity index (χ0v) is 13.2. The van der Waals surface area contributed by atoms with Crippen molar-refractivity contribution >= 4 is 17.6 Å². The highest BCUT2D eigenvalue weighted by Crippen LogP contribution is 2.31. The maximum Gasteiger partial charge on any atom is 0.368 e. The van der Waals surface area contributed by atoms with Crippen molar-refractivity contribution in [1.29, 1.82) is 0 Å². The Morgan fingerprint density at radius 1 is 1.39 bits per heavy atom. The molecule has 0 radical (unpaired) electrons. The molecule has 10 heteroatoms. The summed E-state index contributed by atoms with van der Waals surface area (Å²) in [6.45, 7) is 1.90. The fourth-order valence-corrected chi connectivity index (χ4v) is 3.00. The molecule has 3 rings (SSSR count). The fourth-order valence-electron chi connectivity index (χ4n) is 2.01. The van der Waals surface area contributed by atoms with Gasteiger partial charge in [-0.1, -0.05) is 12.1 Å². The van der Waals surface area contributed by atoms with Crippen molar-refractivity contribution in [1.82, 2.24) is 24.8 Å². The van der Waals surface area contributed by atoms with E-state index in [1.807, 2.05) is 19.1 Å². The first-order valence-corrected chi connectivity index (χ1v) is 7.58. The van der Waals surface area contributed by atoms with Gasteiger partial charge in [-0.25, -0.2) is 4.79 Å². The molecule has 1 aromatic carbocycles. The Labute approximate surface area is 134 Å². The van der Waals surface area contributed by atoms with Gasteiger partial charge in [0.1, 0.15) is 0 Å². The van der Waals surface area contributed by atoms with E-state index in [0.717, 1.165) is 15.1 Å². The molecular formula is C13H13FN6O2S. The predicted octanol–water partition coefficient (Wildman–Crippen LogP) is 1.28. The second-order valence-corrected chi connectivity index (χ2v) is 5.76. The van der Waals surface area contributed by atoms with Crippen molar-refractivity contribution in [3.8, 4) is 5.69 Å². The molecule has 0 atom stereocenters. The number of thioether (sulfide) groups is 1. The van der Waals surface area contributed by atoms with E-state index < -0.39 is 6.01 Å². The van der Waals surface area contributed by atoms with E-state index in [1.54, 1.807) is 6.07 Å². The molecule has 0 aliphatic rings. The first-order valence-electron chi connectivity index (χ1n) is 6.60. The number of oxazole rings is 1. The Kier molecular flexibility index (Phi) is 3.90. The minimum absolute atomic E-state index is 0.172. The summed E-state index contributed by atoms with van der Waals surface area (Å²) in [6, 6.07) is 4.59. The normalized spacial score (nSPS) is 11.1. The Morgan fingerprint density at radius 2 is 2.17 bits per heavy atom. The molecule has 0 aliphatic carbocycles. The average molecular weight is 336 g/mol. The summed E-state index contributed by atoms with van der Waals surface area (Å²) in [7, 11) is 1.52. The van der Waals surface area contributed by atoms with Crippen molar-refractivity contribution in [3.63, 3.8) is 0 Å². The van der Waals surface area contributed by atoms with Gasteiger partial charge in [-0.15, -0.1) is 11.8 Å².